The van der Waals surface area contributed by atoms with Gasteiger partial charge in [0.05, 0.1) is 52.8 Å². The first-order valence-corrected chi connectivity index (χ1v) is 27.3. The molecule has 2 bridgehead atoms. The molecule has 5 N–H and O–H groups in total. The molecule has 3 aliphatic heterocycles. The molecule has 80 heavy (non-hydrogen) atoms. The number of nitriles is 1. The predicted octanol–water partition coefficient (Wildman–Crippen LogP) is 8.18. The van der Waals surface area contributed by atoms with Gasteiger partial charge in [0.2, 0.25) is 12.3 Å². The maximum absolute atomic E-state index is 15.2. The van der Waals surface area contributed by atoms with E-state index in [0.717, 1.165) is 60.3 Å². The fraction of sp³-hybridized carbons (Fsp3) is 0.362. The van der Waals surface area contributed by atoms with Gasteiger partial charge in [0, 0.05) is 73.3 Å². The number of aromatic nitrogens is 7. The third-order valence-electron chi connectivity index (χ3n) is 15.2. The van der Waals surface area contributed by atoms with Crippen LogP contribution in [0.2, 0.25) is 0 Å². The predicted molar refractivity (Wildman–Crippen MR) is 299 cm³/mol. The summed E-state index contributed by atoms with van der Waals surface area (Å²) in [6.45, 7) is 10.6. The number of benzene rings is 3. The van der Waals surface area contributed by atoms with Crippen LogP contribution in [-0.4, -0.2) is 121 Å². The van der Waals surface area contributed by atoms with Gasteiger partial charge in [0.25, 0.3) is 0 Å². The Bertz CT molecular complexity index is 3580. The minimum absolute atomic E-state index is 0.154. The number of aliphatic hydroxyl groups is 1. The highest BCUT2D eigenvalue weighted by Gasteiger charge is 2.40. The van der Waals surface area contributed by atoms with Crippen LogP contribution >= 0.6 is 11.3 Å². The number of carbonyl (C=O) groups excluding carboxylic acids is 2. The molecule has 8 heterocycles. The lowest BCUT2D eigenvalue weighted by Gasteiger charge is -2.29. The van der Waals surface area contributed by atoms with E-state index in [-0.39, 0.29) is 65.2 Å². The third-order valence-corrected chi connectivity index (χ3v) is 16.2. The molecule has 8 aromatic rings. The number of halogens is 2. The molecule has 11 rings (SSSR count). The van der Waals surface area contributed by atoms with Gasteiger partial charge in [-0.15, -0.1) is 16.4 Å². The molecule has 414 valence electrons. The summed E-state index contributed by atoms with van der Waals surface area (Å²) in [5.41, 5.74) is 12.2. The van der Waals surface area contributed by atoms with Crippen molar-refractivity contribution in [2.24, 2.45) is 5.92 Å². The van der Waals surface area contributed by atoms with Crippen LogP contribution in [0.4, 0.5) is 19.6 Å². The Hall–Kier alpha value is -8.23. The number of nitrogens with one attached hydrogen (secondary N) is 2. The molecule has 3 aliphatic rings. The van der Waals surface area contributed by atoms with Gasteiger partial charge in [0.1, 0.15) is 64.7 Å². The second kappa shape index (κ2) is 24.0. The normalized spacial score (nSPS) is 17.8. The maximum Gasteiger partial charge on any atom is 0.319 e. The van der Waals surface area contributed by atoms with Crippen LogP contribution in [0.5, 0.6) is 11.8 Å². The zero-order chi connectivity index (χ0) is 56.2. The number of pyridine rings is 2. The summed E-state index contributed by atoms with van der Waals surface area (Å²) >= 11 is 1.03. The molecule has 22 heteroatoms. The second-order valence-electron chi connectivity index (χ2n) is 20.6. The van der Waals surface area contributed by atoms with Gasteiger partial charge in [-0.25, -0.2) is 13.5 Å². The van der Waals surface area contributed by atoms with Gasteiger partial charge in [-0.2, -0.15) is 15.2 Å². The van der Waals surface area contributed by atoms with Crippen molar-refractivity contribution in [2.75, 3.05) is 50.6 Å². The number of hydrogen-bond acceptors (Lipinski definition) is 17. The molecule has 19 nitrogen and oxygen atoms in total. The van der Waals surface area contributed by atoms with Gasteiger partial charge in [0.15, 0.2) is 5.75 Å². The van der Waals surface area contributed by atoms with Crippen molar-refractivity contribution in [3.05, 3.63) is 120 Å². The standard InChI is InChI=1S/C39H41FN10O3S.C19H20FN3O3/c1-20(2)22(4)50-17-31(47-48-50)24-8-6-23(7-9-24)19-52-35-33(27-10-11-30(40)36-32(27)28(13-41)37(42)54-36)44-15-29-34(35)45-39(53-18-21(3)51-5)46-38(29)49-16-25-12-26(49)14-43-25;20-16-10-21-8-7-15(16)13-3-5-14(6-4-13)17(11-24)22-19(26)18-2-1-9-23(18)12-25/h6-11,15,17,20-22,25-26,43H,12,14,16,18-19,42H2,1-5H3;3-8,10,12,17-18,24H,1-2,9,11H2,(H,22,26)/t21-,22?,25?,26?;/m0./s1. The number of carbonyl (C=O) groups is 2. The van der Waals surface area contributed by atoms with E-state index in [1.165, 1.54) is 17.2 Å². The number of piperazine rings is 1. The summed E-state index contributed by atoms with van der Waals surface area (Å²) in [6.07, 6.45) is 9.25. The molecule has 5 unspecified atom stereocenters. The molecule has 3 saturated heterocycles. The molecular weight excluding hydrogens is 1040 g/mol. The molecule has 0 spiro atoms. The minimum atomic E-state index is -0.590. The SMILES string of the molecule is CO[C@@H](C)COc1nc(N2CC3CC2CN3)c2cnc(-c3ccc(F)c4sc(N)c(C#N)c34)c(OCc3ccc(-c4cn(C(C)C(C)C)nn4)cc3)c2n1.O=CN1CCCC1C(=O)NC(CO)c1ccc(-c2ccncc2F)cc1. The number of methoxy groups -OCH3 is 1. The molecule has 0 radical (unpaired) electrons. The van der Waals surface area contributed by atoms with Gasteiger partial charge >= 0.3 is 6.01 Å². The highest BCUT2D eigenvalue weighted by atomic mass is 32.1. The molecule has 3 fully saturated rings. The zero-order valence-corrected chi connectivity index (χ0v) is 45.7. The van der Waals surface area contributed by atoms with Crippen molar-refractivity contribution in [3.63, 3.8) is 0 Å². The van der Waals surface area contributed by atoms with Gasteiger partial charge in [-0.3, -0.25) is 19.6 Å². The first-order valence-electron chi connectivity index (χ1n) is 26.5. The monoisotopic (exact) mass is 1110 g/mol. The van der Waals surface area contributed by atoms with Gasteiger partial charge in [-0.1, -0.05) is 67.6 Å². The lowest BCUT2D eigenvalue weighted by molar-refractivity contribution is -0.131. The number of anilines is 2. The summed E-state index contributed by atoms with van der Waals surface area (Å²) in [4.78, 5) is 45.7. The number of likely N-dealkylation sites (tertiary alicyclic amines) is 1. The molecule has 6 atom stereocenters. The van der Waals surface area contributed by atoms with Crippen molar-refractivity contribution in [1.29, 1.82) is 5.26 Å². The summed E-state index contributed by atoms with van der Waals surface area (Å²) in [7, 11) is 1.62. The Kier molecular flexibility index (Phi) is 16.5. The number of rotatable bonds is 18. The van der Waals surface area contributed by atoms with Crippen LogP contribution in [0.25, 0.3) is 54.6 Å². The van der Waals surface area contributed by atoms with E-state index in [2.05, 4.69) is 57.7 Å². The smallest absolute Gasteiger partial charge is 0.319 e. The fourth-order valence-electron chi connectivity index (χ4n) is 10.3. The molecular formula is C58H61F2N13O6S. The third kappa shape index (κ3) is 11.3. The lowest BCUT2D eigenvalue weighted by Crippen LogP contribution is -2.44. The largest absolute Gasteiger partial charge is 0.484 e. The summed E-state index contributed by atoms with van der Waals surface area (Å²) in [6, 6.07) is 21.5. The summed E-state index contributed by atoms with van der Waals surface area (Å²) in [5, 5.41) is 36.2. The van der Waals surface area contributed by atoms with E-state index in [1.807, 2.05) is 42.1 Å². The highest BCUT2D eigenvalue weighted by molar-refractivity contribution is 7.23. The molecule has 3 aromatic carbocycles. The van der Waals surface area contributed by atoms with Crippen LogP contribution in [0.3, 0.4) is 0 Å². The van der Waals surface area contributed by atoms with Gasteiger partial charge in [-0.05, 0) is 73.9 Å². The average molecular weight is 1110 g/mol. The second-order valence-corrected chi connectivity index (χ2v) is 21.6. The minimum Gasteiger partial charge on any atom is -0.484 e. The number of amides is 2. The number of hydrogen-bond donors (Lipinski definition) is 4. The van der Waals surface area contributed by atoms with E-state index in [9.17, 15) is 24.3 Å². The van der Waals surface area contributed by atoms with Crippen molar-refractivity contribution in [2.45, 2.75) is 89.9 Å². The lowest BCUT2D eigenvalue weighted by atomic mass is 10.0. The average Bonchev–Trinajstić information content (AvgIpc) is 4.27. The maximum atomic E-state index is 15.2. The Balaban J connectivity index is 0.000000232. The van der Waals surface area contributed by atoms with Crippen molar-refractivity contribution in [1.82, 2.24) is 50.5 Å². The van der Waals surface area contributed by atoms with Crippen molar-refractivity contribution in [3.8, 4) is 51.5 Å². The first-order chi connectivity index (χ1) is 38.8. The molecule has 2 amide bonds. The van der Waals surface area contributed by atoms with Crippen molar-refractivity contribution < 1.29 is 37.7 Å². The van der Waals surface area contributed by atoms with E-state index in [1.54, 1.807) is 49.7 Å². The van der Waals surface area contributed by atoms with Crippen LogP contribution < -0.4 is 30.7 Å². The van der Waals surface area contributed by atoms with Crippen molar-refractivity contribution >= 4 is 55.5 Å². The number of nitrogen functional groups attached to an aromatic ring is 1. The van der Waals surface area contributed by atoms with E-state index in [0.29, 0.717) is 87.1 Å². The first kappa shape index (κ1) is 55.1. The van der Waals surface area contributed by atoms with E-state index < -0.39 is 23.7 Å². The highest BCUT2D eigenvalue weighted by Crippen LogP contribution is 2.46. The topological polar surface area (TPSA) is 245 Å². The Morgan fingerprint density at radius 1 is 1.01 bits per heavy atom. The van der Waals surface area contributed by atoms with E-state index >= 15 is 4.39 Å². The fourth-order valence-corrected chi connectivity index (χ4v) is 11.2. The van der Waals surface area contributed by atoms with Crippen LogP contribution in [-0.2, 0) is 20.9 Å². The Labute approximate surface area is 464 Å². The Morgan fingerprint density at radius 2 is 1.80 bits per heavy atom. The Morgan fingerprint density at radius 3 is 2.49 bits per heavy atom. The zero-order valence-electron chi connectivity index (χ0n) is 44.8. The number of nitrogens with zero attached hydrogens (tertiary/aromatic N) is 10. The number of nitrogens with two attached hydrogens (primary N) is 1. The molecule has 0 saturated carbocycles. The van der Waals surface area contributed by atoms with Gasteiger partial charge < -0.3 is 45.5 Å². The molecule has 0 aliphatic carbocycles. The molecule has 5 aromatic heterocycles. The number of aliphatic hydroxyl groups excluding tert-OH is 1. The number of thiophene rings is 1. The van der Waals surface area contributed by atoms with E-state index in [4.69, 9.17) is 34.9 Å². The van der Waals surface area contributed by atoms with Crippen LogP contribution in [0.15, 0.2) is 91.5 Å². The quantitative estimate of drug-likeness (QED) is 0.0592. The number of fused-ring (bicyclic) bond motifs is 4. The van der Waals surface area contributed by atoms with Crippen LogP contribution in [0, 0.1) is 28.9 Å². The summed E-state index contributed by atoms with van der Waals surface area (Å²) < 4.78 is 49.5. The van der Waals surface area contributed by atoms with Crippen LogP contribution in [0.1, 0.15) is 75.7 Å². The number of ether oxygens (including phenoxy) is 3. The summed E-state index contributed by atoms with van der Waals surface area (Å²) in [5.74, 6) is 0.297.